The maximum Gasteiger partial charge on any atom is 0.413 e. The maximum absolute atomic E-state index is 12.8. The molecule has 2 amide bonds. The fourth-order valence-corrected chi connectivity index (χ4v) is 5.84. The summed E-state index contributed by atoms with van der Waals surface area (Å²) in [5, 5.41) is 6.82. The second-order valence-electron chi connectivity index (χ2n) is 11.6. The van der Waals surface area contributed by atoms with E-state index in [0.29, 0.717) is 60.6 Å². The number of fused-ring (bicyclic) bond motifs is 1. The van der Waals surface area contributed by atoms with Gasteiger partial charge in [0.2, 0.25) is 0 Å². The summed E-state index contributed by atoms with van der Waals surface area (Å²) in [7, 11) is 6.47. The lowest BCUT2D eigenvalue weighted by Gasteiger charge is -2.28. The van der Waals surface area contributed by atoms with Gasteiger partial charge < -0.3 is 33.9 Å². The SMILES string of the molecule is COc1ccc(CN(Cc2ccc(OC)cc2OC)c2nc(-c3cnccc3C)cc3cc(NC(=O)O[C@@H]4CCNC4=O)ncc23)c(OC)c1. The summed E-state index contributed by atoms with van der Waals surface area (Å²) in [6.07, 6.45) is 3.98. The number of nitrogens with zero attached hydrogens (tertiary/aromatic N) is 4. The normalized spacial score (nSPS) is 13.8. The van der Waals surface area contributed by atoms with Crippen LogP contribution in [0.3, 0.4) is 0 Å². The molecule has 2 N–H and O–H groups in total. The minimum atomic E-state index is -0.843. The van der Waals surface area contributed by atoms with Crippen LogP contribution in [0.15, 0.2) is 73.2 Å². The molecule has 50 heavy (non-hydrogen) atoms. The number of amides is 2. The van der Waals surface area contributed by atoms with Gasteiger partial charge in [0.25, 0.3) is 5.91 Å². The van der Waals surface area contributed by atoms with Gasteiger partial charge in [-0.15, -0.1) is 0 Å². The molecule has 0 unspecified atom stereocenters. The Morgan fingerprint density at radius 3 is 2.16 bits per heavy atom. The third-order valence-electron chi connectivity index (χ3n) is 8.50. The molecular formula is C37H38N6O7. The van der Waals surface area contributed by atoms with Crippen LogP contribution >= 0.6 is 0 Å². The molecule has 0 radical (unpaired) electrons. The van der Waals surface area contributed by atoms with Gasteiger partial charge in [-0.2, -0.15) is 0 Å². The minimum absolute atomic E-state index is 0.257. The molecule has 3 aromatic heterocycles. The van der Waals surface area contributed by atoms with E-state index in [-0.39, 0.29) is 11.7 Å². The lowest BCUT2D eigenvalue weighted by molar-refractivity contribution is -0.126. The van der Waals surface area contributed by atoms with E-state index in [1.54, 1.807) is 53.1 Å². The van der Waals surface area contributed by atoms with Gasteiger partial charge in [-0.3, -0.25) is 15.1 Å². The molecule has 0 spiro atoms. The van der Waals surface area contributed by atoms with E-state index in [1.165, 1.54) is 0 Å². The van der Waals surface area contributed by atoms with Gasteiger partial charge in [0.15, 0.2) is 6.10 Å². The highest BCUT2D eigenvalue weighted by Crippen LogP contribution is 2.36. The molecule has 258 valence electrons. The van der Waals surface area contributed by atoms with Crippen molar-refractivity contribution in [3.05, 3.63) is 89.9 Å². The highest BCUT2D eigenvalue weighted by Gasteiger charge is 2.28. The Bertz CT molecular complexity index is 1980. The molecule has 6 rings (SSSR count). The van der Waals surface area contributed by atoms with Gasteiger partial charge in [0.05, 0.1) is 34.1 Å². The Morgan fingerprint density at radius 2 is 1.58 bits per heavy atom. The van der Waals surface area contributed by atoms with E-state index >= 15 is 0 Å². The molecule has 1 saturated heterocycles. The van der Waals surface area contributed by atoms with Crippen LogP contribution in [0, 0.1) is 6.92 Å². The van der Waals surface area contributed by atoms with Crippen molar-refractivity contribution in [1.82, 2.24) is 20.3 Å². The zero-order valence-electron chi connectivity index (χ0n) is 28.5. The van der Waals surface area contributed by atoms with Gasteiger partial charge in [0.1, 0.15) is 34.6 Å². The molecule has 1 atom stereocenters. The average Bonchev–Trinajstić information content (AvgIpc) is 3.54. The molecule has 1 fully saturated rings. The highest BCUT2D eigenvalue weighted by molar-refractivity contribution is 5.97. The largest absolute Gasteiger partial charge is 0.497 e. The van der Waals surface area contributed by atoms with Crippen molar-refractivity contribution >= 4 is 34.4 Å². The Labute approximate surface area is 289 Å². The number of carbonyl (C=O) groups is 2. The summed E-state index contributed by atoms with van der Waals surface area (Å²) in [4.78, 5) is 41.0. The number of anilines is 2. The Balaban J connectivity index is 1.48. The van der Waals surface area contributed by atoms with Gasteiger partial charge in [-0.1, -0.05) is 0 Å². The Kier molecular flexibility index (Phi) is 10.1. The number of aryl methyl sites for hydroxylation is 1. The van der Waals surface area contributed by atoms with Gasteiger partial charge in [-0.25, -0.2) is 14.8 Å². The number of aromatic nitrogens is 3. The summed E-state index contributed by atoms with van der Waals surface area (Å²) >= 11 is 0. The Morgan fingerprint density at radius 1 is 0.900 bits per heavy atom. The predicted molar refractivity (Wildman–Crippen MR) is 188 cm³/mol. The van der Waals surface area contributed by atoms with Gasteiger partial charge in [-0.05, 0) is 60.3 Å². The van der Waals surface area contributed by atoms with Crippen LogP contribution in [-0.4, -0.2) is 68.0 Å². The van der Waals surface area contributed by atoms with E-state index in [2.05, 4.69) is 25.5 Å². The van der Waals surface area contributed by atoms with Crippen LogP contribution in [0.4, 0.5) is 16.4 Å². The van der Waals surface area contributed by atoms with Crippen molar-refractivity contribution in [3.63, 3.8) is 0 Å². The zero-order valence-corrected chi connectivity index (χ0v) is 28.5. The molecule has 1 aliphatic heterocycles. The van der Waals surface area contributed by atoms with E-state index in [0.717, 1.165) is 33.0 Å². The first-order valence-electron chi connectivity index (χ1n) is 15.9. The highest BCUT2D eigenvalue weighted by atomic mass is 16.6. The van der Waals surface area contributed by atoms with E-state index < -0.39 is 12.2 Å². The lowest BCUT2D eigenvalue weighted by atomic mass is 10.0. The first kappa shape index (κ1) is 33.8. The third kappa shape index (κ3) is 7.31. The van der Waals surface area contributed by atoms with Crippen LogP contribution in [0.25, 0.3) is 22.0 Å². The number of hydrogen-bond donors (Lipinski definition) is 2. The first-order chi connectivity index (χ1) is 24.3. The minimum Gasteiger partial charge on any atom is -0.497 e. The lowest BCUT2D eigenvalue weighted by Crippen LogP contribution is -2.29. The second kappa shape index (κ2) is 15.0. The topological polar surface area (TPSA) is 146 Å². The number of ether oxygens (including phenoxy) is 5. The number of methoxy groups -OCH3 is 4. The number of pyridine rings is 3. The average molecular weight is 679 g/mol. The molecule has 13 heteroatoms. The summed E-state index contributed by atoms with van der Waals surface area (Å²) in [5.41, 5.74) is 4.29. The molecule has 0 aliphatic carbocycles. The number of benzene rings is 2. The van der Waals surface area contributed by atoms with Gasteiger partial charge in [0, 0.05) is 78.9 Å². The number of carbonyl (C=O) groups excluding carboxylic acids is 2. The van der Waals surface area contributed by atoms with E-state index in [1.807, 2.05) is 55.5 Å². The van der Waals surface area contributed by atoms with Crippen LogP contribution in [-0.2, 0) is 22.6 Å². The molecule has 13 nitrogen and oxygen atoms in total. The fraction of sp³-hybridized carbons (Fsp3) is 0.270. The smallest absolute Gasteiger partial charge is 0.413 e. The molecular weight excluding hydrogens is 640 g/mol. The summed E-state index contributed by atoms with van der Waals surface area (Å²) in [6.45, 7) is 3.23. The Hall–Kier alpha value is -6.11. The number of hydrogen-bond acceptors (Lipinski definition) is 11. The molecule has 0 saturated carbocycles. The third-order valence-corrected chi connectivity index (χ3v) is 8.50. The van der Waals surface area contributed by atoms with Crippen molar-refractivity contribution in [3.8, 4) is 34.3 Å². The maximum atomic E-state index is 12.8. The van der Waals surface area contributed by atoms with E-state index in [4.69, 9.17) is 28.7 Å². The van der Waals surface area contributed by atoms with Crippen molar-refractivity contribution < 1.29 is 33.3 Å². The second-order valence-corrected chi connectivity index (χ2v) is 11.6. The molecule has 1 aliphatic rings. The quantitative estimate of drug-likeness (QED) is 0.168. The van der Waals surface area contributed by atoms with Crippen LogP contribution in [0.5, 0.6) is 23.0 Å². The van der Waals surface area contributed by atoms with E-state index in [9.17, 15) is 9.59 Å². The number of nitrogens with one attached hydrogen (secondary N) is 2. The van der Waals surface area contributed by atoms with Crippen molar-refractivity contribution in [2.24, 2.45) is 0 Å². The van der Waals surface area contributed by atoms with Crippen LogP contribution in [0.1, 0.15) is 23.1 Å². The zero-order chi connectivity index (χ0) is 35.2. The monoisotopic (exact) mass is 678 g/mol. The summed E-state index contributed by atoms with van der Waals surface area (Å²) in [6, 6.07) is 17.0. The predicted octanol–water partition coefficient (Wildman–Crippen LogP) is 5.68. The summed E-state index contributed by atoms with van der Waals surface area (Å²) in [5.74, 6) is 3.21. The molecule has 4 heterocycles. The molecule has 2 aromatic carbocycles. The molecule has 5 aromatic rings. The number of rotatable bonds is 12. The van der Waals surface area contributed by atoms with Crippen molar-refractivity contribution in [1.29, 1.82) is 0 Å². The first-order valence-corrected chi connectivity index (χ1v) is 15.9. The molecule has 0 bridgehead atoms. The summed E-state index contributed by atoms with van der Waals surface area (Å²) < 4.78 is 27.8. The van der Waals surface area contributed by atoms with Crippen LogP contribution < -0.4 is 34.5 Å². The van der Waals surface area contributed by atoms with Crippen LogP contribution in [0.2, 0.25) is 0 Å². The van der Waals surface area contributed by atoms with Crippen molar-refractivity contribution in [2.75, 3.05) is 45.2 Å². The van der Waals surface area contributed by atoms with Crippen molar-refractivity contribution in [2.45, 2.75) is 32.5 Å². The van der Waals surface area contributed by atoms with Gasteiger partial charge >= 0.3 is 6.09 Å². The standard InChI is InChI=1S/C37H38N6O7/c1-22-10-12-38-18-28(22)30-14-25-15-34(42-37(45)50-31-11-13-39-36(31)44)40-19-29(25)35(41-30)43(20-23-6-8-26(46-2)16-32(23)48-4)21-24-7-9-27(47-3)17-33(24)49-5/h6-10,12,14-19,31H,11,13,20-21H2,1-5H3,(H,39,44)(H,40,42,45)/t31-/m1/s1. The fourth-order valence-electron chi connectivity index (χ4n) is 5.84.